The molecule has 0 saturated carbocycles. The van der Waals surface area contributed by atoms with Gasteiger partial charge in [0.15, 0.2) is 11.5 Å². The lowest BCUT2D eigenvalue weighted by atomic mass is 9.92. The largest absolute Gasteiger partial charge is 0.454 e. The third-order valence-corrected chi connectivity index (χ3v) is 4.49. The highest BCUT2D eigenvalue weighted by molar-refractivity contribution is 5.56. The van der Waals surface area contributed by atoms with Crippen molar-refractivity contribution in [1.29, 1.82) is 0 Å². The van der Waals surface area contributed by atoms with E-state index in [2.05, 4.69) is 17.0 Å². The summed E-state index contributed by atoms with van der Waals surface area (Å²) in [4.78, 5) is 2.28. The molecule has 0 amide bonds. The second kappa shape index (κ2) is 5.30. The number of nitrogens with zero attached hydrogens (tertiary/aromatic N) is 1. The summed E-state index contributed by atoms with van der Waals surface area (Å²) in [5.41, 5.74) is 4.49. The van der Waals surface area contributed by atoms with Crippen LogP contribution in [0.1, 0.15) is 28.4 Å². The summed E-state index contributed by atoms with van der Waals surface area (Å²) >= 11 is 0. The zero-order chi connectivity index (χ0) is 15.1. The zero-order valence-electron chi connectivity index (χ0n) is 12.6. The normalized spacial score (nSPS) is 20.0. The third-order valence-electron chi connectivity index (χ3n) is 4.49. The van der Waals surface area contributed by atoms with Gasteiger partial charge in [0.2, 0.25) is 6.79 Å². The first-order valence-electron chi connectivity index (χ1n) is 7.58. The van der Waals surface area contributed by atoms with E-state index in [0.717, 1.165) is 35.7 Å². The Morgan fingerprint density at radius 3 is 2.86 bits per heavy atom. The molecule has 2 heterocycles. The van der Waals surface area contributed by atoms with Gasteiger partial charge >= 0.3 is 0 Å². The van der Waals surface area contributed by atoms with Gasteiger partial charge < -0.3 is 14.6 Å². The molecule has 4 rings (SSSR count). The molecule has 114 valence electrons. The Hall–Kier alpha value is -2.04. The van der Waals surface area contributed by atoms with E-state index in [9.17, 15) is 5.11 Å². The molecule has 1 atom stereocenters. The van der Waals surface area contributed by atoms with Crippen molar-refractivity contribution in [2.24, 2.45) is 0 Å². The van der Waals surface area contributed by atoms with Gasteiger partial charge in [-0.3, -0.25) is 4.90 Å². The molecule has 1 N–H and O–H groups in total. The number of hydrogen-bond donors (Lipinski definition) is 1. The average molecular weight is 297 g/mol. The van der Waals surface area contributed by atoms with Gasteiger partial charge in [0.25, 0.3) is 0 Å². The summed E-state index contributed by atoms with van der Waals surface area (Å²) < 4.78 is 11.0. The summed E-state index contributed by atoms with van der Waals surface area (Å²) in [5.74, 6) is 1.58. The molecule has 2 aromatic carbocycles. The maximum Gasteiger partial charge on any atom is 0.231 e. The summed E-state index contributed by atoms with van der Waals surface area (Å²) in [6.07, 6.45) is -0.485. The fourth-order valence-electron chi connectivity index (χ4n) is 3.37. The first-order valence-corrected chi connectivity index (χ1v) is 7.58. The van der Waals surface area contributed by atoms with E-state index >= 15 is 0 Å². The lowest BCUT2D eigenvalue weighted by Gasteiger charge is -2.33. The number of β-amino-alcohol motifs (C(OH)–C–C–N with tert-alkyl or cyclic N) is 1. The first kappa shape index (κ1) is 13.6. The Balaban J connectivity index is 1.65. The van der Waals surface area contributed by atoms with E-state index in [4.69, 9.17) is 9.47 Å². The zero-order valence-corrected chi connectivity index (χ0v) is 12.6. The van der Waals surface area contributed by atoms with E-state index in [0.29, 0.717) is 6.54 Å². The van der Waals surface area contributed by atoms with Crippen LogP contribution in [-0.4, -0.2) is 23.3 Å². The number of benzene rings is 2. The van der Waals surface area contributed by atoms with Crippen molar-refractivity contribution >= 4 is 0 Å². The van der Waals surface area contributed by atoms with Gasteiger partial charge in [0, 0.05) is 19.6 Å². The predicted molar refractivity (Wildman–Crippen MR) is 82.8 cm³/mol. The van der Waals surface area contributed by atoms with Crippen LogP contribution in [0.25, 0.3) is 0 Å². The van der Waals surface area contributed by atoms with Gasteiger partial charge in [-0.1, -0.05) is 30.3 Å². The lowest BCUT2D eigenvalue weighted by molar-refractivity contribution is 0.0877. The number of fused-ring (bicyclic) bond motifs is 2. The number of aliphatic hydroxyl groups is 1. The summed E-state index contributed by atoms with van der Waals surface area (Å²) in [6, 6.07) is 12.3. The number of ether oxygens (including phenoxy) is 2. The summed E-state index contributed by atoms with van der Waals surface area (Å²) in [7, 11) is 0. The molecule has 0 bridgehead atoms. The average Bonchev–Trinajstić information content (AvgIpc) is 2.99. The molecular weight excluding hydrogens is 278 g/mol. The predicted octanol–water partition coefficient (Wildman–Crippen LogP) is 2.77. The van der Waals surface area contributed by atoms with E-state index in [1.54, 1.807) is 0 Å². The van der Waals surface area contributed by atoms with E-state index < -0.39 is 6.10 Å². The van der Waals surface area contributed by atoms with Crippen LogP contribution in [0.3, 0.4) is 0 Å². The second-order valence-electron chi connectivity index (χ2n) is 5.97. The molecule has 0 radical (unpaired) electrons. The maximum atomic E-state index is 10.5. The Kier molecular flexibility index (Phi) is 3.28. The molecule has 0 fully saturated rings. The van der Waals surface area contributed by atoms with Crippen molar-refractivity contribution in [3.8, 4) is 11.5 Å². The molecule has 0 unspecified atom stereocenters. The fourth-order valence-corrected chi connectivity index (χ4v) is 3.37. The van der Waals surface area contributed by atoms with Gasteiger partial charge in [-0.15, -0.1) is 0 Å². The summed E-state index contributed by atoms with van der Waals surface area (Å²) in [6.45, 7) is 4.62. The molecule has 0 aromatic heterocycles. The Morgan fingerprint density at radius 1 is 1.23 bits per heavy atom. The topological polar surface area (TPSA) is 41.9 Å². The first-order chi connectivity index (χ1) is 10.7. The molecule has 2 aliphatic heterocycles. The van der Waals surface area contributed by atoms with Gasteiger partial charge in [-0.05, 0) is 35.2 Å². The summed E-state index contributed by atoms with van der Waals surface area (Å²) in [5, 5.41) is 10.5. The molecule has 2 aromatic rings. The lowest BCUT2D eigenvalue weighted by Crippen LogP contribution is -2.33. The van der Waals surface area contributed by atoms with Crippen LogP contribution in [0.2, 0.25) is 0 Å². The van der Waals surface area contributed by atoms with E-state index in [1.807, 2.05) is 31.2 Å². The van der Waals surface area contributed by atoms with E-state index in [1.165, 1.54) is 11.1 Å². The highest BCUT2D eigenvalue weighted by Gasteiger charge is 2.30. The molecule has 4 heteroatoms. The molecule has 0 spiro atoms. The van der Waals surface area contributed by atoms with Gasteiger partial charge in [0.05, 0.1) is 6.10 Å². The maximum absolute atomic E-state index is 10.5. The Labute approximate surface area is 129 Å². The molecule has 4 nitrogen and oxygen atoms in total. The van der Waals surface area contributed by atoms with Crippen LogP contribution in [0.5, 0.6) is 11.5 Å². The van der Waals surface area contributed by atoms with E-state index in [-0.39, 0.29) is 6.79 Å². The third kappa shape index (κ3) is 2.25. The Bertz CT molecular complexity index is 699. The second-order valence-corrected chi connectivity index (χ2v) is 5.97. The standard InChI is InChI=1S/C18H19NO3/c1-12-15-9-19(8-13-5-3-2-4-6-13)10-16(20)14(15)7-17-18(12)22-11-21-17/h2-7,16,20H,8-11H2,1H3/t16-/m0/s1. The molecular formula is C18H19NO3. The van der Waals surface area contributed by atoms with Crippen LogP contribution in [0, 0.1) is 6.92 Å². The highest BCUT2D eigenvalue weighted by Crippen LogP contribution is 2.43. The van der Waals surface area contributed by atoms with Gasteiger partial charge in [-0.2, -0.15) is 0 Å². The van der Waals surface area contributed by atoms with Crippen molar-refractivity contribution < 1.29 is 14.6 Å². The van der Waals surface area contributed by atoms with Gasteiger partial charge in [-0.25, -0.2) is 0 Å². The van der Waals surface area contributed by atoms with Gasteiger partial charge in [0.1, 0.15) is 0 Å². The van der Waals surface area contributed by atoms with Crippen molar-refractivity contribution in [3.05, 3.63) is 58.7 Å². The van der Waals surface area contributed by atoms with Crippen LogP contribution in [0.15, 0.2) is 36.4 Å². The van der Waals surface area contributed by atoms with Crippen LogP contribution in [-0.2, 0) is 13.1 Å². The fraction of sp³-hybridized carbons (Fsp3) is 0.333. The number of rotatable bonds is 2. The molecule has 0 aliphatic carbocycles. The van der Waals surface area contributed by atoms with Crippen LogP contribution >= 0.6 is 0 Å². The van der Waals surface area contributed by atoms with Crippen molar-refractivity contribution in [3.63, 3.8) is 0 Å². The van der Waals surface area contributed by atoms with Crippen LogP contribution in [0.4, 0.5) is 0 Å². The number of aliphatic hydroxyl groups excluding tert-OH is 1. The minimum atomic E-state index is -0.485. The monoisotopic (exact) mass is 297 g/mol. The molecule has 2 aliphatic rings. The Morgan fingerprint density at radius 2 is 2.05 bits per heavy atom. The van der Waals surface area contributed by atoms with Crippen molar-refractivity contribution in [2.75, 3.05) is 13.3 Å². The smallest absolute Gasteiger partial charge is 0.231 e. The minimum Gasteiger partial charge on any atom is -0.454 e. The minimum absolute atomic E-state index is 0.267. The molecule has 0 saturated heterocycles. The highest BCUT2D eigenvalue weighted by atomic mass is 16.7. The quantitative estimate of drug-likeness (QED) is 0.925. The van der Waals surface area contributed by atoms with Crippen molar-refractivity contribution in [1.82, 2.24) is 4.90 Å². The van der Waals surface area contributed by atoms with Crippen LogP contribution < -0.4 is 9.47 Å². The number of hydrogen-bond acceptors (Lipinski definition) is 4. The SMILES string of the molecule is Cc1c2c(cc3c1OCO3)[C@@H](O)CN(Cc1ccccc1)C2. The molecule has 22 heavy (non-hydrogen) atoms. The van der Waals surface area contributed by atoms with Crippen molar-refractivity contribution in [2.45, 2.75) is 26.1 Å².